The summed E-state index contributed by atoms with van der Waals surface area (Å²) in [6.07, 6.45) is 2.05. The highest BCUT2D eigenvalue weighted by Gasteiger charge is 1.79. The van der Waals surface area contributed by atoms with E-state index in [0.717, 1.165) is 23.3 Å². The molecule has 0 aromatic heterocycles. The molecule has 9 heavy (non-hydrogen) atoms. The van der Waals surface area contributed by atoms with Gasteiger partial charge in [-0.2, -0.15) is 0 Å². The van der Waals surface area contributed by atoms with Crippen LogP contribution in [-0.2, 0) is 0 Å². The molecule has 0 saturated carbocycles. The average molecular weight is 144 g/mol. The molecule has 0 aliphatic heterocycles. The Kier molecular flexibility index (Phi) is 5.41. The first-order chi connectivity index (χ1) is 4.31. The van der Waals surface area contributed by atoms with Gasteiger partial charge in [-0.15, -0.1) is 0 Å². The van der Waals surface area contributed by atoms with Gasteiger partial charge in [0, 0.05) is 19.3 Å². The van der Waals surface area contributed by atoms with Crippen molar-refractivity contribution in [2.45, 2.75) is 13.8 Å². The molecule has 0 unspecified atom stereocenters. The van der Waals surface area contributed by atoms with E-state index < -0.39 is 0 Å². The molecule has 0 rings (SSSR count). The highest BCUT2D eigenvalue weighted by Crippen LogP contribution is 1.74. The normalized spacial score (nSPS) is 11.6. The van der Waals surface area contributed by atoms with Crippen molar-refractivity contribution >= 4 is 10.2 Å². The zero-order valence-corrected chi connectivity index (χ0v) is 8.49. The summed E-state index contributed by atoms with van der Waals surface area (Å²) in [5.74, 6) is 0. The minimum absolute atomic E-state index is 1.01. The van der Waals surface area contributed by atoms with E-state index in [4.69, 9.17) is 0 Å². The number of rotatable bonds is 4. The summed E-state index contributed by atoms with van der Waals surface area (Å²) < 4.78 is 0. The third kappa shape index (κ3) is 5.43. The molecule has 2 N–H and O–H groups in total. The van der Waals surface area contributed by atoms with Crippen LogP contribution in [0.25, 0.3) is 0 Å². The predicted octanol–water partition coefficient (Wildman–Crippen LogP) is -0.630. The first-order valence-corrected chi connectivity index (χ1v) is 4.45. The summed E-state index contributed by atoms with van der Waals surface area (Å²) in [4.78, 5) is 0. The van der Waals surface area contributed by atoms with Gasteiger partial charge in [-0.1, -0.05) is 0 Å². The van der Waals surface area contributed by atoms with Crippen molar-refractivity contribution in [3.63, 3.8) is 0 Å². The van der Waals surface area contributed by atoms with Gasteiger partial charge in [-0.05, 0) is 19.2 Å². The van der Waals surface area contributed by atoms with E-state index in [2.05, 4.69) is 30.7 Å². The topological polar surface area (TPSA) is 24.1 Å². The molecule has 0 aromatic rings. The summed E-state index contributed by atoms with van der Waals surface area (Å²) in [7, 11) is 1.10. The van der Waals surface area contributed by atoms with Gasteiger partial charge in [0.2, 0.25) is 0 Å². The average Bonchev–Trinajstić information content (AvgIpc) is 1.85. The van der Waals surface area contributed by atoms with Crippen LogP contribution in [0.1, 0.15) is 13.8 Å². The van der Waals surface area contributed by atoms with Gasteiger partial charge in [0.15, 0.2) is 0 Å². The fourth-order valence-corrected chi connectivity index (χ4v) is 1.14. The Morgan fingerprint density at radius 2 is 2.11 bits per heavy atom. The molecule has 0 aliphatic rings. The molecule has 0 heterocycles. The Labute approximate surface area is 60.1 Å². The molecule has 0 spiro atoms. The zero-order valence-electron chi connectivity index (χ0n) is 6.49. The number of hydrogen-bond acceptors (Lipinski definition) is 2. The van der Waals surface area contributed by atoms with Crippen molar-refractivity contribution < 1.29 is 0 Å². The monoisotopic (exact) mass is 144 g/mol. The van der Waals surface area contributed by atoms with Crippen LogP contribution in [0.15, 0.2) is 11.5 Å². The quantitative estimate of drug-likeness (QED) is 0.513. The van der Waals surface area contributed by atoms with E-state index in [1.54, 1.807) is 0 Å². The summed E-state index contributed by atoms with van der Waals surface area (Å²) >= 11 is 0. The molecule has 0 saturated heterocycles. The molecule has 0 amide bonds. The zero-order chi connectivity index (χ0) is 7.11. The molecule has 2 nitrogen and oxygen atoms in total. The second kappa shape index (κ2) is 5.69. The van der Waals surface area contributed by atoms with Gasteiger partial charge < -0.3 is 10.6 Å². The standard InChI is InChI=1S/C6H16N2Si/c1-3-7-5-6(9)8-4-2/h5,7-8H,3-4H2,1-2,9H3. The molecule has 0 aromatic carbocycles. The van der Waals surface area contributed by atoms with Gasteiger partial charge in [0.1, 0.15) is 0 Å². The number of nitrogens with one attached hydrogen (secondary N) is 2. The van der Waals surface area contributed by atoms with Crippen LogP contribution in [-0.4, -0.2) is 23.3 Å². The SMILES string of the molecule is CCNC=C([SiH3])NCC. The van der Waals surface area contributed by atoms with E-state index in [-0.39, 0.29) is 0 Å². The molecule has 0 atom stereocenters. The summed E-state index contributed by atoms with van der Waals surface area (Å²) in [5, 5.41) is 7.72. The Morgan fingerprint density at radius 1 is 1.44 bits per heavy atom. The van der Waals surface area contributed by atoms with Gasteiger partial charge in [-0.3, -0.25) is 0 Å². The minimum atomic E-state index is 1.01. The highest BCUT2D eigenvalue weighted by molar-refractivity contribution is 6.21. The van der Waals surface area contributed by atoms with Crippen LogP contribution in [0, 0.1) is 0 Å². The first-order valence-electron chi connectivity index (χ1n) is 3.45. The van der Waals surface area contributed by atoms with Crippen LogP contribution in [0.2, 0.25) is 0 Å². The lowest BCUT2D eigenvalue weighted by molar-refractivity contribution is 0.856. The van der Waals surface area contributed by atoms with Gasteiger partial charge in [0.05, 0.1) is 10.2 Å². The van der Waals surface area contributed by atoms with Crippen LogP contribution in [0.5, 0.6) is 0 Å². The maximum Gasteiger partial charge on any atom is 0.0607 e. The Morgan fingerprint density at radius 3 is 2.56 bits per heavy atom. The van der Waals surface area contributed by atoms with Crippen molar-refractivity contribution in [1.82, 2.24) is 10.6 Å². The third-order valence-electron chi connectivity index (χ3n) is 0.978. The summed E-state index contributed by atoms with van der Waals surface area (Å²) in [5.41, 5.74) is 0. The lowest BCUT2D eigenvalue weighted by Gasteiger charge is -2.02. The van der Waals surface area contributed by atoms with Gasteiger partial charge in [0.25, 0.3) is 0 Å². The molecule has 3 heteroatoms. The lowest BCUT2D eigenvalue weighted by Crippen LogP contribution is -2.16. The van der Waals surface area contributed by atoms with Crippen molar-refractivity contribution in [2.75, 3.05) is 13.1 Å². The smallest absolute Gasteiger partial charge is 0.0607 e. The second-order valence-corrected chi connectivity index (χ2v) is 2.99. The molecule has 54 valence electrons. The second-order valence-electron chi connectivity index (χ2n) is 1.92. The van der Waals surface area contributed by atoms with Crippen molar-refractivity contribution in [3.8, 4) is 0 Å². The highest BCUT2D eigenvalue weighted by atomic mass is 28.1. The van der Waals surface area contributed by atoms with Crippen LogP contribution in [0.4, 0.5) is 0 Å². The van der Waals surface area contributed by atoms with E-state index in [1.165, 1.54) is 5.32 Å². The van der Waals surface area contributed by atoms with Gasteiger partial charge >= 0.3 is 0 Å². The molecular formula is C6H16N2Si. The molecular weight excluding hydrogens is 128 g/mol. The third-order valence-corrected chi connectivity index (χ3v) is 1.62. The van der Waals surface area contributed by atoms with E-state index in [9.17, 15) is 0 Å². The van der Waals surface area contributed by atoms with Crippen LogP contribution < -0.4 is 10.6 Å². The maximum atomic E-state index is 3.24. The lowest BCUT2D eigenvalue weighted by atomic mass is 10.7. The molecule has 0 radical (unpaired) electrons. The summed E-state index contributed by atoms with van der Waals surface area (Å²) in [6, 6.07) is 0. The number of hydrogen-bond donors (Lipinski definition) is 2. The largest absolute Gasteiger partial charge is 0.392 e. The Balaban J connectivity index is 3.30. The van der Waals surface area contributed by atoms with Crippen molar-refractivity contribution in [3.05, 3.63) is 11.5 Å². The molecule has 0 fully saturated rings. The predicted molar refractivity (Wildman–Crippen MR) is 45.4 cm³/mol. The minimum Gasteiger partial charge on any atom is -0.392 e. The fraction of sp³-hybridized carbons (Fsp3) is 0.667. The first kappa shape index (κ1) is 8.56. The van der Waals surface area contributed by atoms with Gasteiger partial charge in [-0.25, -0.2) is 0 Å². The fourth-order valence-electron chi connectivity index (χ4n) is 0.585. The van der Waals surface area contributed by atoms with E-state index in [0.29, 0.717) is 0 Å². The molecule has 0 aliphatic carbocycles. The van der Waals surface area contributed by atoms with E-state index >= 15 is 0 Å². The van der Waals surface area contributed by atoms with Crippen molar-refractivity contribution in [1.29, 1.82) is 0 Å². The van der Waals surface area contributed by atoms with Crippen molar-refractivity contribution in [2.24, 2.45) is 0 Å². The Hall–Kier alpha value is -0.443. The van der Waals surface area contributed by atoms with E-state index in [1.807, 2.05) is 0 Å². The van der Waals surface area contributed by atoms with Crippen LogP contribution >= 0.6 is 0 Å². The maximum absolute atomic E-state index is 3.24. The summed E-state index contributed by atoms with van der Waals surface area (Å²) in [6.45, 7) is 6.24. The van der Waals surface area contributed by atoms with Crippen LogP contribution in [0.3, 0.4) is 0 Å². The molecule has 0 bridgehead atoms. The Bertz CT molecular complexity index is 91.1.